The zero-order valence-electron chi connectivity index (χ0n) is 7.64. The molecule has 0 amide bonds. The average molecular weight is 246 g/mol. The first kappa shape index (κ1) is 13.6. The number of hydrogen-bond acceptors (Lipinski definition) is 1. The molecule has 0 aliphatic carbocycles. The van der Waals surface area contributed by atoms with Crippen molar-refractivity contribution in [3.05, 3.63) is 12.2 Å². The Balaban J connectivity index is 3.60. The largest absolute Gasteiger partial charge is 0.385 e. The SMILES string of the molecule is CCCCC/C=C/[C@@H](O)C(Cl)(Cl)Cl. The molecule has 0 radical (unpaired) electrons. The van der Waals surface area contributed by atoms with Crippen molar-refractivity contribution < 1.29 is 5.11 Å². The Hall–Kier alpha value is 0.570. The normalized spacial score (nSPS) is 15.2. The topological polar surface area (TPSA) is 20.2 Å². The maximum Gasteiger partial charge on any atom is 0.219 e. The van der Waals surface area contributed by atoms with Crippen LogP contribution in [0.4, 0.5) is 0 Å². The van der Waals surface area contributed by atoms with E-state index in [4.69, 9.17) is 34.8 Å². The molecule has 4 heteroatoms. The first-order valence-electron chi connectivity index (χ1n) is 4.40. The minimum Gasteiger partial charge on any atom is -0.385 e. The number of alkyl halides is 3. The smallest absolute Gasteiger partial charge is 0.219 e. The molecule has 78 valence electrons. The quantitative estimate of drug-likeness (QED) is 0.443. The molecule has 0 saturated carbocycles. The molecule has 1 N–H and O–H groups in total. The van der Waals surface area contributed by atoms with Gasteiger partial charge < -0.3 is 5.11 Å². The molecule has 0 heterocycles. The maximum atomic E-state index is 9.26. The highest BCUT2D eigenvalue weighted by atomic mass is 35.6. The minimum absolute atomic E-state index is 0.922. The van der Waals surface area contributed by atoms with Crippen LogP contribution in [-0.4, -0.2) is 15.0 Å². The molecule has 1 atom stereocenters. The number of aliphatic hydroxyl groups excluding tert-OH is 1. The number of hydrogen-bond donors (Lipinski definition) is 1. The third-order valence-electron chi connectivity index (χ3n) is 1.63. The van der Waals surface area contributed by atoms with Crippen LogP contribution in [0.1, 0.15) is 32.6 Å². The van der Waals surface area contributed by atoms with Gasteiger partial charge in [-0.3, -0.25) is 0 Å². The van der Waals surface area contributed by atoms with Crippen molar-refractivity contribution in [2.75, 3.05) is 0 Å². The van der Waals surface area contributed by atoms with Crippen molar-refractivity contribution in [1.82, 2.24) is 0 Å². The molecule has 0 spiro atoms. The summed E-state index contributed by atoms with van der Waals surface area (Å²) in [5, 5.41) is 9.26. The molecule has 0 unspecified atom stereocenters. The summed E-state index contributed by atoms with van der Waals surface area (Å²) in [7, 11) is 0. The van der Waals surface area contributed by atoms with Gasteiger partial charge in [-0.05, 0) is 12.8 Å². The standard InChI is InChI=1S/C9H15Cl3O/c1-2-3-4-5-6-7-8(13)9(10,11)12/h6-8,13H,2-5H2,1H3/b7-6+/t8-/m1/s1. The van der Waals surface area contributed by atoms with Gasteiger partial charge in [-0.15, -0.1) is 0 Å². The van der Waals surface area contributed by atoms with Gasteiger partial charge in [-0.2, -0.15) is 0 Å². The molecule has 0 aliphatic rings. The summed E-state index contributed by atoms with van der Waals surface area (Å²) in [6.45, 7) is 2.14. The predicted molar refractivity (Wildman–Crippen MR) is 59.6 cm³/mol. The fraction of sp³-hybridized carbons (Fsp3) is 0.778. The van der Waals surface area contributed by atoms with Gasteiger partial charge in [0.15, 0.2) is 0 Å². The van der Waals surface area contributed by atoms with Crippen LogP contribution < -0.4 is 0 Å². The zero-order chi connectivity index (χ0) is 10.3. The summed E-state index contributed by atoms with van der Waals surface area (Å²) < 4.78 is -1.61. The molecule has 0 rings (SSSR count). The number of allylic oxidation sites excluding steroid dienone is 1. The predicted octanol–water partition coefficient (Wildman–Crippen LogP) is 3.85. The van der Waals surface area contributed by atoms with Crippen LogP contribution >= 0.6 is 34.8 Å². The average Bonchev–Trinajstić information content (AvgIpc) is 2.02. The molecule has 13 heavy (non-hydrogen) atoms. The van der Waals surface area contributed by atoms with Crippen LogP contribution in [0.15, 0.2) is 12.2 Å². The molecule has 0 bridgehead atoms. The van der Waals surface area contributed by atoms with Crippen LogP contribution in [0.25, 0.3) is 0 Å². The maximum absolute atomic E-state index is 9.26. The zero-order valence-corrected chi connectivity index (χ0v) is 9.91. The summed E-state index contributed by atoms with van der Waals surface area (Å²) in [4.78, 5) is 0. The van der Waals surface area contributed by atoms with Gasteiger partial charge in [0.05, 0.1) is 0 Å². The van der Waals surface area contributed by atoms with E-state index in [-0.39, 0.29) is 0 Å². The van der Waals surface area contributed by atoms with Crippen molar-refractivity contribution in [1.29, 1.82) is 0 Å². The minimum atomic E-state index is -1.61. The second kappa shape index (κ2) is 6.94. The van der Waals surface area contributed by atoms with E-state index in [0.717, 1.165) is 12.8 Å². The summed E-state index contributed by atoms with van der Waals surface area (Å²) >= 11 is 16.4. The Morgan fingerprint density at radius 3 is 2.38 bits per heavy atom. The Labute approximate surface area is 94.7 Å². The lowest BCUT2D eigenvalue weighted by Gasteiger charge is -2.14. The van der Waals surface area contributed by atoms with Crippen LogP contribution in [0.5, 0.6) is 0 Å². The van der Waals surface area contributed by atoms with Crippen molar-refractivity contribution in [3.63, 3.8) is 0 Å². The van der Waals surface area contributed by atoms with Crippen molar-refractivity contribution in [3.8, 4) is 0 Å². The summed E-state index contributed by atoms with van der Waals surface area (Å²) in [6.07, 6.45) is 6.77. The lowest BCUT2D eigenvalue weighted by atomic mass is 10.2. The van der Waals surface area contributed by atoms with Crippen molar-refractivity contribution in [2.45, 2.75) is 42.5 Å². The van der Waals surface area contributed by atoms with E-state index in [2.05, 4.69) is 6.92 Å². The van der Waals surface area contributed by atoms with E-state index in [9.17, 15) is 5.11 Å². The Kier molecular flexibility index (Phi) is 7.25. The molecule has 0 saturated heterocycles. The number of halogens is 3. The Bertz CT molecular complexity index is 151. The lowest BCUT2D eigenvalue weighted by molar-refractivity contribution is 0.227. The number of unbranched alkanes of at least 4 members (excludes halogenated alkanes) is 3. The van der Waals surface area contributed by atoms with E-state index in [1.165, 1.54) is 18.9 Å². The first-order chi connectivity index (χ1) is 5.98. The van der Waals surface area contributed by atoms with Gasteiger partial charge >= 0.3 is 0 Å². The highest BCUT2D eigenvalue weighted by Crippen LogP contribution is 2.30. The van der Waals surface area contributed by atoms with Gasteiger partial charge in [-0.25, -0.2) is 0 Å². The molecule has 0 aromatic rings. The first-order valence-corrected chi connectivity index (χ1v) is 5.53. The number of aliphatic hydroxyl groups is 1. The second-order valence-electron chi connectivity index (χ2n) is 2.91. The summed E-state index contributed by atoms with van der Waals surface area (Å²) in [6, 6.07) is 0. The van der Waals surface area contributed by atoms with Crippen LogP contribution in [0.3, 0.4) is 0 Å². The summed E-state index contributed by atoms with van der Waals surface area (Å²) in [5.74, 6) is 0. The van der Waals surface area contributed by atoms with Gasteiger partial charge in [0, 0.05) is 0 Å². The van der Waals surface area contributed by atoms with Crippen LogP contribution in [0.2, 0.25) is 0 Å². The highest BCUT2D eigenvalue weighted by Gasteiger charge is 2.28. The fourth-order valence-electron chi connectivity index (χ4n) is 0.846. The van der Waals surface area contributed by atoms with Gasteiger partial charge in [0.2, 0.25) is 3.79 Å². The molecular formula is C9H15Cl3O. The number of rotatable bonds is 5. The third-order valence-corrected chi connectivity index (χ3v) is 2.30. The van der Waals surface area contributed by atoms with Gasteiger partial charge in [0.25, 0.3) is 0 Å². The lowest BCUT2D eigenvalue weighted by Crippen LogP contribution is -2.22. The molecule has 0 aliphatic heterocycles. The van der Waals surface area contributed by atoms with E-state index >= 15 is 0 Å². The molecule has 1 nitrogen and oxygen atoms in total. The third kappa shape index (κ3) is 7.63. The van der Waals surface area contributed by atoms with E-state index in [1.807, 2.05) is 6.08 Å². The van der Waals surface area contributed by atoms with E-state index in [0.29, 0.717) is 0 Å². The second-order valence-corrected chi connectivity index (χ2v) is 5.28. The van der Waals surface area contributed by atoms with E-state index < -0.39 is 9.90 Å². The Morgan fingerprint density at radius 1 is 1.31 bits per heavy atom. The Morgan fingerprint density at radius 2 is 1.92 bits per heavy atom. The van der Waals surface area contributed by atoms with E-state index in [1.54, 1.807) is 0 Å². The molecule has 0 aromatic carbocycles. The monoisotopic (exact) mass is 244 g/mol. The fourth-order valence-corrected chi connectivity index (χ4v) is 1.06. The van der Waals surface area contributed by atoms with Crippen LogP contribution in [-0.2, 0) is 0 Å². The van der Waals surface area contributed by atoms with Crippen molar-refractivity contribution >= 4 is 34.8 Å². The van der Waals surface area contributed by atoms with Gasteiger partial charge in [-0.1, -0.05) is 66.7 Å². The summed E-state index contributed by atoms with van der Waals surface area (Å²) in [5.41, 5.74) is 0. The molecule has 0 aromatic heterocycles. The van der Waals surface area contributed by atoms with Crippen LogP contribution in [0, 0.1) is 0 Å². The van der Waals surface area contributed by atoms with Gasteiger partial charge in [0.1, 0.15) is 6.10 Å². The van der Waals surface area contributed by atoms with Crippen molar-refractivity contribution in [2.24, 2.45) is 0 Å². The molecule has 0 fully saturated rings. The highest BCUT2D eigenvalue weighted by molar-refractivity contribution is 6.68. The molecular weight excluding hydrogens is 230 g/mol.